The fourth-order valence-corrected chi connectivity index (χ4v) is 4.63. The van der Waals surface area contributed by atoms with Crippen molar-refractivity contribution in [2.24, 2.45) is 17.6 Å². The van der Waals surface area contributed by atoms with Crippen LogP contribution in [0, 0.1) is 11.8 Å². The van der Waals surface area contributed by atoms with Crippen LogP contribution in [-0.2, 0) is 19.3 Å². The molecule has 1 fully saturated rings. The van der Waals surface area contributed by atoms with E-state index in [0.29, 0.717) is 37.2 Å². The standard InChI is InChI=1S/C19H21F5N4/c20-11-1-4-15(21)14(5-11)13-3-2-12(6-16(13)25)28-8-10-7-26-18(19(22,23)24)27-17(10)9-28/h1,4,7,12-14,16H,2-3,5-6,8-9,25H2/t12?,13-,14?,16?/m1/s1. The van der Waals surface area contributed by atoms with Crippen molar-refractivity contribution in [2.45, 2.75) is 57.0 Å². The minimum absolute atomic E-state index is 0.0380. The van der Waals surface area contributed by atoms with Gasteiger partial charge in [0.25, 0.3) is 0 Å². The van der Waals surface area contributed by atoms with Gasteiger partial charge in [0.2, 0.25) is 5.82 Å². The second kappa shape index (κ2) is 7.18. The van der Waals surface area contributed by atoms with E-state index >= 15 is 0 Å². The molecule has 0 spiro atoms. The van der Waals surface area contributed by atoms with Gasteiger partial charge < -0.3 is 5.73 Å². The highest BCUT2D eigenvalue weighted by molar-refractivity contribution is 5.24. The molecule has 152 valence electrons. The van der Waals surface area contributed by atoms with Crippen LogP contribution in [0.4, 0.5) is 22.0 Å². The van der Waals surface area contributed by atoms with E-state index in [-0.39, 0.29) is 36.1 Å². The Bertz CT molecular complexity index is 819. The number of hydrogen-bond acceptors (Lipinski definition) is 4. The number of rotatable bonds is 2. The van der Waals surface area contributed by atoms with E-state index in [1.165, 1.54) is 12.3 Å². The molecule has 1 saturated carbocycles. The zero-order valence-electron chi connectivity index (χ0n) is 15.1. The molecule has 1 aliphatic heterocycles. The SMILES string of the molecule is NC1CC(N2Cc3cnc(C(F)(F)F)nc3C2)CC[C@@H]1C1CC(F)=CC=C1F. The number of alkyl halides is 3. The summed E-state index contributed by atoms with van der Waals surface area (Å²) in [4.78, 5) is 9.17. The first-order valence-electron chi connectivity index (χ1n) is 9.35. The van der Waals surface area contributed by atoms with Gasteiger partial charge in [0.1, 0.15) is 11.7 Å². The molecular weight excluding hydrogens is 379 g/mol. The Morgan fingerprint density at radius 3 is 2.61 bits per heavy atom. The molecule has 0 aromatic carbocycles. The van der Waals surface area contributed by atoms with Gasteiger partial charge >= 0.3 is 6.18 Å². The summed E-state index contributed by atoms with van der Waals surface area (Å²) in [5.74, 6) is -2.47. The number of halogens is 5. The molecule has 2 heterocycles. The first kappa shape index (κ1) is 19.4. The average molecular weight is 400 g/mol. The molecule has 3 unspecified atom stereocenters. The molecular formula is C19H21F5N4. The lowest BCUT2D eigenvalue weighted by molar-refractivity contribution is -0.145. The Morgan fingerprint density at radius 1 is 1.11 bits per heavy atom. The maximum Gasteiger partial charge on any atom is 0.451 e. The lowest BCUT2D eigenvalue weighted by atomic mass is 9.72. The van der Waals surface area contributed by atoms with Crippen LogP contribution in [0.15, 0.2) is 30.0 Å². The van der Waals surface area contributed by atoms with Crippen molar-refractivity contribution in [3.05, 3.63) is 47.1 Å². The largest absolute Gasteiger partial charge is 0.451 e. The van der Waals surface area contributed by atoms with E-state index in [9.17, 15) is 22.0 Å². The summed E-state index contributed by atoms with van der Waals surface area (Å²) in [6, 6.07) is -0.222. The normalized spacial score (nSPS) is 31.4. The molecule has 4 nitrogen and oxygen atoms in total. The minimum Gasteiger partial charge on any atom is -0.327 e. The summed E-state index contributed by atoms with van der Waals surface area (Å²) in [5.41, 5.74) is 7.41. The van der Waals surface area contributed by atoms with Crippen LogP contribution in [0.3, 0.4) is 0 Å². The fourth-order valence-electron chi connectivity index (χ4n) is 4.63. The summed E-state index contributed by atoms with van der Waals surface area (Å²) in [6.45, 7) is 0.794. The van der Waals surface area contributed by atoms with Crippen LogP contribution < -0.4 is 5.73 Å². The minimum atomic E-state index is -4.57. The summed E-state index contributed by atoms with van der Waals surface area (Å²) >= 11 is 0. The highest BCUT2D eigenvalue weighted by Crippen LogP contribution is 2.41. The first-order chi connectivity index (χ1) is 13.2. The Morgan fingerprint density at radius 2 is 1.89 bits per heavy atom. The van der Waals surface area contributed by atoms with Gasteiger partial charge in [-0.25, -0.2) is 18.7 Å². The second-order valence-electron chi connectivity index (χ2n) is 7.84. The third kappa shape index (κ3) is 3.69. The van der Waals surface area contributed by atoms with Gasteiger partial charge in [0, 0.05) is 49.3 Å². The van der Waals surface area contributed by atoms with Crippen molar-refractivity contribution in [2.75, 3.05) is 0 Å². The highest BCUT2D eigenvalue weighted by atomic mass is 19.4. The van der Waals surface area contributed by atoms with Crippen LogP contribution in [0.1, 0.15) is 42.8 Å². The second-order valence-corrected chi connectivity index (χ2v) is 7.84. The zero-order valence-corrected chi connectivity index (χ0v) is 15.1. The van der Waals surface area contributed by atoms with Gasteiger partial charge in [-0.05, 0) is 37.3 Å². The predicted molar refractivity (Wildman–Crippen MR) is 91.9 cm³/mol. The summed E-state index contributed by atoms with van der Waals surface area (Å²) in [7, 11) is 0. The first-order valence-corrected chi connectivity index (χ1v) is 9.35. The maximum atomic E-state index is 14.2. The highest BCUT2D eigenvalue weighted by Gasteiger charge is 2.41. The Kier molecular flexibility index (Phi) is 4.99. The number of aromatic nitrogens is 2. The third-order valence-corrected chi connectivity index (χ3v) is 6.09. The molecule has 0 amide bonds. The molecule has 1 aromatic rings. The number of nitrogens with zero attached hydrogens (tertiary/aromatic N) is 3. The van der Waals surface area contributed by atoms with Crippen molar-refractivity contribution in [1.29, 1.82) is 0 Å². The van der Waals surface area contributed by atoms with Gasteiger partial charge in [-0.3, -0.25) is 4.90 Å². The van der Waals surface area contributed by atoms with Crippen LogP contribution in [0.25, 0.3) is 0 Å². The Labute approximate surface area is 159 Å². The maximum absolute atomic E-state index is 14.2. The van der Waals surface area contributed by atoms with E-state index in [0.717, 1.165) is 12.5 Å². The van der Waals surface area contributed by atoms with Crippen LogP contribution in [-0.4, -0.2) is 27.0 Å². The molecule has 3 aliphatic rings. The quantitative estimate of drug-likeness (QED) is 0.762. The van der Waals surface area contributed by atoms with Gasteiger partial charge in [-0.2, -0.15) is 13.2 Å². The van der Waals surface area contributed by atoms with Gasteiger partial charge in [0.15, 0.2) is 0 Å². The topological polar surface area (TPSA) is 55.0 Å². The van der Waals surface area contributed by atoms with E-state index in [4.69, 9.17) is 5.73 Å². The summed E-state index contributed by atoms with van der Waals surface area (Å²) < 4.78 is 66.2. The molecule has 4 atom stereocenters. The van der Waals surface area contributed by atoms with Gasteiger partial charge in [-0.1, -0.05) is 0 Å². The van der Waals surface area contributed by atoms with Gasteiger partial charge in [-0.15, -0.1) is 0 Å². The van der Waals surface area contributed by atoms with E-state index in [1.54, 1.807) is 0 Å². The van der Waals surface area contributed by atoms with Crippen molar-refractivity contribution >= 4 is 0 Å². The van der Waals surface area contributed by atoms with Crippen molar-refractivity contribution in [3.8, 4) is 0 Å². The molecule has 2 N–H and O–H groups in total. The number of allylic oxidation sites excluding steroid dienone is 4. The van der Waals surface area contributed by atoms with Crippen LogP contribution in [0.2, 0.25) is 0 Å². The van der Waals surface area contributed by atoms with Crippen molar-refractivity contribution < 1.29 is 22.0 Å². The lowest BCUT2D eigenvalue weighted by Crippen LogP contribution is -2.47. The zero-order chi connectivity index (χ0) is 20.1. The summed E-state index contributed by atoms with van der Waals surface area (Å²) in [6.07, 6.45) is 1.03. The molecule has 28 heavy (non-hydrogen) atoms. The number of hydrogen-bond donors (Lipinski definition) is 1. The Balaban J connectivity index is 1.41. The average Bonchev–Trinajstić information content (AvgIpc) is 3.06. The fraction of sp³-hybridized carbons (Fsp3) is 0.579. The molecule has 1 aromatic heterocycles. The monoisotopic (exact) mass is 400 g/mol. The molecule has 0 saturated heterocycles. The number of nitrogens with two attached hydrogens (primary N) is 1. The lowest BCUT2D eigenvalue weighted by Gasteiger charge is -2.41. The van der Waals surface area contributed by atoms with E-state index < -0.39 is 17.9 Å². The Hall–Kier alpha value is -1.87. The van der Waals surface area contributed by atoms with Crippen molar-refractivity contribution in [3.63, 3.8) is 0 Å². The predicted octanol–water partition coefficient (Wildman–Crippen LogP) is 4.03. The van der Waals surface area contributed by atoms with Crippen LogP contribution >= 0.6 is 0 Å². The smallest absolute Gasteiger partial charge is 0.327 e. The molecule has 9 heteroatoms. The third-order valence-electron chi connectivity index (χ3n) is 6.09. The van der Waals surface area contributed by atoms with E-state index in [2.05, 4.69) is 14.9 Å². The molecule has 0 bridgehead atoms. The molecule has 4 rings (SSSR count). The number of fused-ring (bicyclic) bond motifs is 1. The molecule has 2 aliphatic carbocycles. The van der Waals surface area contributed by atoms with E-state index in [1.807, 2.05) is 0 Å². The van der Waals surface area contributed by atoms with Gasteiger partial charge in [0.05, 0.1) is 5.69 Å². The summed E-state index contributed by atoms with van der Waals surface area (Å²) in [5, 5.41) is 0. The van der Waals surface area contributed by atoms with Crippen LogP contribution in [0.5, 0.6) is 0 Å². The van der Waals surface area contributed by atoms with Crippen molar-refractivity contribution in [1.82, 2.24) is 14.9 Å². The molecule has 0 radical (unpaired) electrons.